The second-order valence-electron chi connectivity index (χ2n) is 3.49. The molecule has 0 spiro atoms. The fraction of sp³-hybridized carbons (Fsp3) is 0.273. The lowest BCUT2D eigenvalue weighted by molar-refractivity contribution is -0.141. The zero-order valence-electron chi connectivity index (χ0n) is 8.43. The van der Waals surface area contributed by atoms with Crippen LogP contribution in [0.25, 0.3) is 0 Å². The lowest BCUT2D eigenvalue weighted by Gasteiger charge is -2.05. The number of ketones is 1. The molecular weight excluding hydrogens is 194 g/mol. The Labute approximate surface area is 87.7 Å². The van der Waals surface area contributed by atoms with Crippen molar-refractivity contribution in [1.82, 2.24) is 0 Å². The average Bonchev–Trinajstić information content (AvgIpc) is 2.17. The van der Waals surface area contributed by atoms with E-state index in [2.05, 4.69) is 0 Å². The maximum atomic E-state index is 11.6. The van der Waals surface area contributed by atoms with Gasteiger partial charge in [-0.2, -0.15) is 0 Å². The monoisotopic (exact) mass is 207 g/mol. The number of carbonyl (C=O) groups is 2. The summed E-state index contributed by atoms with van der Waals surface area (Å²) in [5, 5.41) is 8.66. The summed E-state index contributed by atoms with van der Waals surface area (Å²) in [6, 6.07) is 6.54. The Bertz CT molecular complexity index is 387. The molecule has 1 aromatic rings. The Kier molecular flexibility index (Phi) is 3.44. The van der Waals surface area contributed by atoms with Crippen molar-refractivity contribution in [3.8, 4) is 0 Å². The van der Waals surface area contributed by atoms with Crippen LogP contribution in [0.1, 0.15) is 23.7 Å². The number of nitrogens with two attached hydrogens (primary N) is 1. The number of rotatable bonds is 4. The summed E-state index contributed by atoms with van der Waals surface area (Å²) in [6.07, 6.45) is -0.00120. The number of carboxylic acids is 1. The van der Waals surface area contributed by atoms with E-state index in [0.29, 0.717) is 11.3 Å². The van der Waals surface area contributed by atoms with Gasteiger partial charge in [-0.05, 0) is 12.1 Å². The highest BCUT2D eigenvalue weighted by Crippen LogP contribution is 2.12. The normalized spacial score (nSPS) is 12.1. The molecule has 4 heteroatoms. The van der Waals surface area contributed by atoms with Crippen LogP contribution < -0.4 is 5.73 Å². The molecular formula is C11H13NO3. The molecule has 0 unspecified atom stereocenters. The van der Waals surface area contributed by atoms with Crippen LogP contribution >= 0.6 is 0 Å². The summed E-state index contributed by atoms with van der Waals surface area (Å²) in [4.78, 5) is 22.1. The van der Waals surface area contributed by atoms with Crippen LogP contribution in [0.5, 0.6) is 0 Å². The topological polar surface area (TPSA) is 80.4 Å². The molecule has 1 rings (SSSR count). The predicted octanol–water partition coefficient (Wildman–Crippen LogP) is 1.56. The Morgan fingerprint density at radius 1 is 1.47 bits per heavy atom. The van der Waals surface area contributed by atoms with Crippen molar-refractivity contribution >= 4 is 17.4 Å². The van der Waals surface area contributed by atoms with E-state index in [1.807, 2.05) is 0 Å². The fourth-order valence-electron chi connectivity index (χ4n) is 1.20. The van der Waals surface area contributed by atoms with Gasteiger partial charge in [0.2, 0.25) is 0 Å². The van der Waals surface area contributed by atoms with E-state index in [1.54, 1.807) is 24.3 Å². The van der Waals surface area contributed by atoms with Crippen molar-refractivity contribution in [2.75, 3.05) is 5.73 Å². The lowest BCUT2D eigenvalue weighted by Crippen LogP contribution is -2.14. The minimum absolute atomic E-state index is 0.00120. The van der Waals surface area contributed by atoms with Crippen molar-refractivity contribution in [2.24, 2.45) is 5.92 Å². The summed E-state index contributed by atoms with van der Waals surface area (Å²) in [7, 11) is 0. The number of nitrogen functional groups attached to an aromatic ring is 1. The van der Waals surface area contributed by atoms with Crippen LogP contribution in [0.2, 0.25) is 0 Å². The zero-order valence-corrected chi connectivity index (χ0v) is 8.43. The van der Waals surface area contributed by atoms with E-state index in [0.717, 1.165) is 0 Å². The van der Waals surface area contributed by atoms with E-state index in [9.17, 15) is 9.59 Å². The summed E-state index contributed by atoms with van der Waals surface area (Å²) in [6.45, 7) is 1.51. The highest BCUT2D eigenvalue weighted by molar-refractivity contribution is 5.98. The molecule has 0 aromatic heterocycles. The number of carbonyl (C=O) groups excluding carboxylic acids is 1. The van der Waals surface area contributed by atoms with Crippen molar-refractivity contribution in [2.45, 2.75) is 13.3 Å². The van der Waals surface area contributed by atoms with Gasteiger partial charge in [0.1, 0.15) is 0 Å². The molecule has 0 aliphatic carbocycles. The molecule has 0 bridgehead atoms. The van der Waals surface area contributed by atoms with Gasteiger partial charge in [0.25, 0.3) is 0 Å². The van der Waals surface area contributed by atoms with Crippen molar-refractivity contribution in [3.05, 3.63) is 29.8 Å². The number of anilines is 1. The van der Waals surface area contributed by atoms with Crippen molar-refractivity contribution < 1.29 is 14.7 Å². The van der Waals surface area contributed by atoms with Gasteiger partial charge >= 0.3 is 5.97 Å². The average molecular weight is 207 g/mol. The highest BCUT2D eigenvalue weighted by Gasteiger charge is 2.16. The number of benzene rings is 1. The maximum Gasteiger partial charge on any atom is 0.306 e. The number of hydrogen-bond donors (Lipinski definition) is 2. The molecule has 4 nitrogen and oxygen atoms in total. The van der Waals surface area contributed by atoms with Crippen molar-refractivity contribution in [3.63, 3.8) is 0 Å². The quantitative estimate of drug-likeness (QED) is 0.580. The van der Waals surface area contributed by atoms with E-state index >= 15 is 0 Å². The molecule has 0 aliphatic rings. The molecule has 0 amide bonds. The molecule has 3 N–H and O–H groups in total. The van der Waals surface area contributed by atoms with E-state index < -0.39 is 11.9 Å². The van der Waals surface area contributed by atoms with Crippen LogP contribution in [0, 0.1) is 5.92 Å². The Balaban J connectivity index is 2.73. The van der Waals surface area contributed by atoms with Crippen LogP contribution in [0.4, 0.5) is 5.69 Å². The molecule has 0 aliphatic heterocycles. The highest BCUT2D eigenvalue weighted by atomic mass is 16.4. The first kappa shape index (κ1) is 11.2. The van der Waals surface area contributed by atoms with Gasteiger partial charge < -0.3 is 10.8 Å². The van der Waals surface area contributed by atoms with Crippen LogP contribution in [0.15, 0.2) is 24.3 Å². The minimum Gasteiger partial charge on any atom is -0.481 e. The lowest BCUT2D eigenvalue weighted by atomic mass is 10.00. The molecule has 0 heterocycles. The largest absolute Gasteiger partial charge is 0.481 e. The van der Waals surface area contributed by atoms with Gasteiger partial charge in [0, 0.05) is 17.7 Å². The summed E-state index contributed by atoms with van der Waals surface area (Å²) in [5.41, 5.74) is 6.48. The van der Waals surface area contributed by atoms with E-state index in [1.165, 1.54) is 6.92 Å². The molecule has 0 radical (unpaired) electrons. The summed E-state index contributed by atoms with van der Waals surface area (Å²) in [5.74, 6) is -1.83. The number of hydrogen-bond acceptors (Lipinski definition) is 3. The number of carboxylic acid groups (broad SMARTS) is 1. The van der Waals surface area contributed by atoms with Crippen LogP contribution in [-0.4, -0.2) is 16.9 Å². The maximum absolute atomic E-state index is 11.6. The van der Waals surface area contributed by atoms with E-state index in [4.69, 9.17) is 10.8 Å². The predicted molar refractivity (Wildman–Crippen MR) is 56.6 cm³/mol. The third-order valence-corrected chi connectivity index (χ3v) is 2.12. The zero-order chi connectivity index (χ0) is 11.4. The second-order valence-corrected chi connectivity index (χ2v) is 3.49. The molecule has 1 atom stereocenters. The standard InChI is InChI=1S/C11H13NO3/c1-7(11(14)15)5-10(13)8-3-2-4-9(12)6-8/h2-4,6-7H,5,12H2,1H3,(H,14,15)/t7-/m0/s1. The van der Waals surface area contributed by atoms with Gasteiger partial charge in [0.15, 0.2) is 5.78 Å². The smallest absolute Gasteiger partial charge is 0.306 e. The van der Waals surface area contributed by atoms with Gasteiger partial charge in [-0.1, -0.05) is 19.1 Å². The Morgan fingerprint density at radius 3 is 2.67 bits per heavy atom. The van der Waals surface area contributed by atoms with Crippen molar-refractivity contribution in [1.29, 1.82) is 0 Å². The van der Waals surface area contributed by atoms with Gasteiger partial charge in [-0.15, -0.1) is 0 Å². The first-order chi connectivity index (χ1) is 7.00. The second kappa shape index (κ2) is 4.59. The molecule has 0 fully saturated rings. The van der Waals surface area contributed by atoms with Crippen LogP contribution in [-0.2, 0) is 4.79 Å². The third kappa shape index (κ3) is 3.09. The third-order valence-electron chi connectivity index (χ3n) is 2.12. The first-order valence-electron chi connectivity index (χ1n) is 4.62. The summed E-state index contributed by atoms with van der Waals surface area (Å²) < 4.78 is 0. The molecule has 80 valence electrons. The van der Waals surface area contributed by atoms with Crippen LogP contribution in [0.3, 0.4) is 0 Å². The first-order valence-corrected chi connectivity index (χ1v) is 4.62. The molecule has 0 saturated carbocycles. The SMILES string of the molecule is C[C@@H](CC(=O)c1cccc(N)c1)C(=O)O. The van der Waals surface area contributed by atoms with E-state index in [-0.39, 0.29) is 12.2 Å². The Morgan fingerprint density at radius 2 is 2.13 bits per heavy atom. The fourth-order valence-corrected chi connectivity index (χ4v) is 1.20. The van der Waals surface area contributed by atoms with Gasteiger partial charge in [-0.3, -0.25) is 9.59 Å². The minimum atomic E-state index is -0.966. The van der Waals surface area contributed by atoms with Gasteiger partial charge in [-0.25, -0.2) is 0 Å². The summed E-state index contributed by atoms with van der Waals surface area (Å²) >= 11 is 0. The molecule has 15 heavy (non-hydrogen) atoms. The van der Waals surface area contributed by atoms with Gasteiger partial charge in [0.05, 0.1) is 5.92 Å². The number of Topliss-reactive ketones (excluding diaryl/α,β-unsaturated/α-hetero) is 1. The number of aliphatic carboxylic acids is 1. The molecule has 1 aromatic carbocycles. The Hall–Kier alpha value is -1.84. The molecule has 0 saturated heterocycles.